The minimum atomic E-state index is -1.93. The fourth-order valence-electron chi connectivity index (χ4n) is 6.82. The molecule has 2 aromatic carbocycles. The molecule has 6 atom stereocenters. The Labute approximate surface area is 237 Å². The number of hydrogen-bond acceptors (Lipinski definition) is 5. The maximum atomic E-state index is 13.8. The summed E-state index contributed by atoms with van der Waals surface area (Å²) in [7, 11) is 0. The van der Waals surface area contributed by atoms with Crippen molar-refractivity contribution in [3.8, 4) is 5.75 Å². The Hall–Kier alpha value is -2.68. The lowest BCUT2D eigenvalue weighted by Crippen LogP contribution is -2.60. The van der Waals surface area contributed by atoms with Crippen LogP contribution in [0.2, 0.25) is 0 Å². The van der Waals surface area contributed by atoms with E-state index >= 15 is 0 Å². The van der Waals surface area contributed by atoms with Gasteiger partial charge in [-0.2, -0.15) is 0 Å². The number of alkyl halides is 3. The number of para-hydroxylation sites is 1. The number of halogens is 3. The van der Waals surface area contributed by atoms with Gasteiger partial charge in [-0.1, -0.05) is 76.1 Å². The zero-order chi connectivity index (χ0) is 27.0. The second-order valence-electron chi connectivity index (χ2n) is 10.3. The minimum absolute atomic E-state index is 0.0819. The van der Waals surface area contributed by atoms with E-state index in [4.69, 9.17) is 23.2 Å². The van der Waals surface area contributed by atoms with Crippen molar-refractivity contribution < 1.29 is 24.3 Å². The van der Waals surface area contributed by atoms with Gasteiger partial charge in [0.1, 0.15) is 5.75 Å². The molecule has 3 fully saturated rings. The van der Waals surface area contributed by atoms with Crippen molar-refractivity contribution in [1.29, 1.82) is 0 Å². The van der Waals surface area contributed by atoms with E-state index in [-0.39, 0.29) is 42.4 Å². The van der Waals surface area contributed by atoms with Gasteiger partial charge >= 0.3 is 0 Å². The molecule has 0 unspecified atom stereocenters. The Morgan fingerprint density at radius 3 is 2.26 bits per heavy atom. The van der Waals surface area contributed by atoms with Crippen LogP contribution in [0.4, 0.5) is 0 Å². The zero-order valence-corrected chi connectivity index (χ0v) is 23.1. The molecule has 2 heterocycles. The minimum Gasteiger partial charge on any atom is -0.508 e. The number of imide groups is 2. The van der Waals surface area contributed by atoms with Crippen molar-refractivity contribution >= 4 is 62.8 Å². The number of phenolic OH excluding ortho intramolecular Hbond substituents is 1. The highest BCUT2D eigenvalue weighted by Gasteiger charge is 2.76. The topological polar surface area (TPSA) is 95.0 Å². The SMILES string of the molecule is O=C1[C@H]2[C@H](CC=C3[C@H]2C[C@@]2(Cl)C(=O)N(CBr)C(=O)[C@@]2(Cl)[C@H]3c2ccccc2O)C(=O)N1Cc1ccccc1. The number of benzene rings is 2. The van der Waals surface area contributed by atoms with Crippen LogP contribution < -0.4 is 0 Å². The molecule has 2 saturated heterocycles. The van der Waals surface area contributed by atoms with E-state index in [9.17, 15) is 24.3 Å². The monoisotopic (exact) mass is 616 g/mol. The van der Waals surface area contributed by atoms with Crippen molar-refractivity contribution in [2.24, 2.45) is 17.8 Å². The Morgan fingerprint density at radius 2 is 1.58 bits per heavy atom. The van der Waals surface area contributed by atoms with Crippen LogP contribution in [0.1, 0.15) is 29.9 Å². The molecule has 1 N–H and O–H groups in total. The normalized spacial score (nSPS) is 34.2. The van der Waals surface area contributed by atoms with Gasteiger partial charge in [-0.05, 0) is 30.4 Å². The molecule has 10 heteroatoms. The largest absolute Gasteiger partial charge is 0.508 e. The molecular formula is C28H23BrCl2N2O5. The number of carbonyl (C=O) groups is 4. The van der Waals surface area contributed by atoms with Gasteiger partial charge in [-0.25, -0.2) is 0 Å². The molecule has 4 aliphatic rings. The molecule has 2 aromatic rings. The molecule has 2 aliphatic carbocycles. The molecule has 196 valence electrons. The number of amides is 4. The van der Waals surface area contributed by atoms with Crippen LogP contribution in [0.25, 0.3) is 0 Å². The highest BCUT2D eigenvalue weighted by Crippen LogP contribution is 2.66. The maximum absolute atomic E-state index is 13.8. The first-order valence-electron chi connectivity index (χ1n) is 12.3. The summed E-state index contributed by atoms with van der Waals surface area (Å²) in [5, 5.41) is 10.9. The van der Waals surface area contributed by atoms with Crippen LogP contribution in [0.5, 0.6) is 5.75 Å². The molecule has 38 heavy (non-hydrogen) atoms. The van der Waals surface area contributed by atoms with Crippen LogP contribution in [0.15, 0.2) is 66.2 Å². The highest BCUT2D eigenvalue weighted by molar-refractivity contribution is 9.09. The Balaban J connectivity index is 1.48. The van der Waals surface area contributed by atoms with Gasteiger partial charge in [-0.3, -0.25) is 29.0 Å². The maximum Gasteiger partial charge on any atom is 0.254 e. The summed E-state index contributed by atoms with van der Waals surface area (Å²) in [5.41, 5.74) is 1.73. The quantitative estimate of drug-likeness (QED) is 0.239. The average molecular weight is 618 g/mol. The lowest BCUT2D eigenvalue weighted by atomic mass is 9.56. The molecule has 0 bridgehead atoms. The summed E-state index contributed by atoms with van der Waals surface area (Å²) in [6.45, 7) is 0.150. The molecule has 1 saturated carbocycles. The molecule has 0 radical (unpaired) electrons. The van der Waals surface area contributed by atoms with Crippen LogP contribution >= 0.6 is 39.1 Å². The van der Waals surface area contributed by atoms with Crippen molar-refractivity contribution in [1.82, 2.24) is 9.80 Å². The van der Waals surface area contributed by atoms with E-state index in [1.54, 1.807) is 18.2 Å². The number of phenols is 1. The lowest BCUT2D eigenvalue weighted by molar-refractivity contribution is -0.141. The molecule has 6 rings (SSSR count). The fourth-order valence-corrected chi connectivity index (χ4v) is 8.23. The smallest absolute Gasteiger partial charge is 0.254 e. The van der Waals surface area contributed by atoms with Crippen molar-refractivity contribution in [2.75, 3.05) is 5.45 Å². The standard InChI is InChI=1S/C28H23BrCl2N2O5/c29-14-33-25(37)27(30)12-19-16(22(28(27,31)26(33)38)17-8-4-5-9-20(17)34)10-11-18-21(19)24(36)32(23(18)35)13-15-6-2-1-3-7-15/h1-10,18-19,21-22,34H,11-14H2/t18-,19+,21-,22+,27+,28-/m0/s1. The van der Waals surface area contributed by atoms with Gasteiger partial charge in [0, 0.05) is 11.5 Å². The van der Waals surface area contributed by atoms with E-state index in [1.807, 2.05) is 36.4 Å². The highest BCUT2D eigenvalue weighted by atomic mass is 79.9. The fraction of sp³-hybridized carbons (Fsp3) is 0.357. The number of fused-ring (bicyclic) bond motifs is 4. The van der Waals surface area contributed by atoms with Gasteiger partial charge in [0.15, 0.2) is 9.75 Å². The third-order valence-corrected chi connectivity index (χ3v) is 10.5. The second kappa shape index (κ2) is 8.93. The Kier molecular flexibility index (Phi) is 6.01. The molecule has 4 amide bonds. The van der Waals surface area contributed by atoms with Gasteiger partial charge in [0.2, 0.25) is 11.8 Å². The number of nitrogens with zero attached hydrogens (tertiary/aromatic N) is 2. The summed E-state index contributed by atoms with van der Waals surface area (Å²) < 4.78 is 0. The predicted octanol–water partition coefficient (Wildman–Crippen LogP) is 4.30. The third kappa shape index (κ3) is 3.26. The van der Waals surface area contributed by atoms with Gasteiger partial charge in [-0.15, -0.1) is 23.2 Å². The summed E-state index contributed by atoms with van der Waals surface area (Å²) in [5.74, 6) is -4.96. The second-order valence-corrected chi connectivity index (χ2v) is 12.0. The number of allylic oxidation sites excluding steroid dienone is 2. The number of rotatable bonds is 4. The number of carbonyl (C=O) groups excluding carboxylic acids is 4. The van der Waals surface area contributed by atoms with Gasteiger partial charge < -0.3 is 5.11 Å². The number of aromatic hydroxyl groups is 1. The van der Waals surface area contributed by atoms with E-state index in [0.717, 1.165) is 10.5 Å². The summed E-state index contributed by atoms with van der Waals surface area (Å²) in [6.07, 6.45) is 2.06. The van der Waals surface area contributed by atoms with Crippen LogP contribution in [-0.2, 0) is 25.7 Å². The van der Waals surface area contributed by atoms with E-state index in [1.165, 1.54) is 11.0 Å². The number of likely N-dealkylation sites (tertiary alicyclic amines) is 2. The van der Waals surface area contributed by atoms with Crippen LogP contribution in [-0.4, -0.2) is 53.7 Å². The molecule has 2 aliphatic heterocycles. The summed E-state index contributed by atoms with van der Waals surface area (Å²) in [6, 6.07) is 15.8. The van der Waals surface area contributed by atoms with Gasteiger partial charge in [0.05, 0.1) is 23.8 Å². The first-order chi connectivity index (χ1) is 18.1. The zero-order valence-electron chi connectivity index (χ0n) is 20.0. The Morgan fingerprint density at radius 1 is 0.895 bits per heavy atom. The lowest BCUT2D eigenvalue weighted by Gasteiger charge is -2.50. The first-order valence-corrected chi connectivity index (χ1v) is 14.2. The molecule has 0 aromatic heterocycles. The summed E-state index contributed by atoms with van der Waals surface area (Å²) >= 11 is 17.5. The van der Waals surface area contributed by atoms with Gasteiger partial charge in [0.25, 0.3) is 11.8 Å². The average Bonchev–Trinajstić information content (AvgIpc) is 3.23. The third-order valence-electron chi connectivity index (χ3n) is 8.54. The van der Waals surface area contributed by atoms with Crippen molar-refractivity contribution in [3.63, 3.8) is 0 Å². The van der Waals surface area contributed by atoms with E-state index in [2.05, 4.69) is 15.9 Å². The van der Waals surface area contributed by atoms with Crippen molar-refractivity contribution in [3.05, 3.63) is 77.4 Å². The van der Waals surface area contributed by atoms with E-state index < -0.39 is 45.2 Å². The number of hydrogen-bond donors (Lipinski definition) is 1. The van der Waals surface area contributed by atoms with Crippen LogP contribution in [0.3, 0.4) is 0 Å². The molecule has 0 spiro atoms. The van der Waals surface area contributed by atoms with E-state index in [0.29, 0.717) is 11.1 Å². The molecule has 7 nitrogen and oxygen atoms in total. The van der Waals surface area contributed by atoms with Crippen molar-refractivity contribution in [2.45, 2.75) is 35.1 Å². The summed E-state index contributed by atoms with van der Waals surface area (Å²) in [4.78, 5) is 53.1. The van der Waals surface area contributed by atoms with Crippen LogP contribution in [0, 0.1) is 17.8 Å². The first kappa shape index (κ1) is 25.6. The Bertz CT molecular complexity index is 1420. The molecular weight excluding hydrogens is 595 g/mol. The predicted molar refractivity (Wildman–Crippen MR) is 143 cm³/mol.